The van der Waals surface area contributed by atoms with Gasteiger partial charge in [0.15, 0.2) is 0 Å². The molecule has 0 spiro atoms. The van der Waals surface area contributed by atoms with Crippen molar-refractivity contribution in [1.82, 2.24) is 20.1 Å². The second-order valence-corrected chi connectivity index (χ2v) is 5.11. The lowest BCUT2D eigenvalue weighted by atomic mass is 10.3. The van der Waals surface area contributed by atoms with E-state index in [-0.39, 0.29) is 5.91 Å². The molecule has 6 nitrogen and oxygen atoms in total. The number of furan rings is 1. The van der Waals surface area contributed by atoms with Gasteiger partial charge in [0.25, 0.3) is 5.91 Å². The van der Waals surface area contributed by atoms with Crippen LogP contribution in [0, 0.1) is 0 Å². The molecule has 0 bridgehead atoms. The van der Waals surface area contributed by atoms with Crippen LogP contribution >= 0.6 is 11.3 Å². The quantitative estimate of drug-likeness (QED) is 0.797. The molecule has 0 aliphatic rings. The Labute approximate surface area is 119 Å². The molecule has 7 heteroatoms. The van der Waals surface area contributed by atoms with Gasteiger partial charge >= 0.3 is 0 Å². The van der Waals surface area contributed by atoms with E-state index < -0.39 is 0 Å². The third kappa shape index (κ3) is 2.62. The van der Waals surface area contributed by atoms with Crippen LogP contribution in [-0.4, -0.2) is 20.7 Å². The molecule has 1 N–H and O–H groups in total. The minimum Gasteiger partial charge on any atom is -0.472 e. The van der Waals surface area contributed by atoms with Crippen molar-refractivity contribution < 1.29 is 9.21 Å². The number of carbonyl (C=O) groups is 1. The molecule has 0 radical (unpaired) electrons. The Bertz CT molecular complexity index is 714. The first-order valence-corrected chi connectivity index (χ1v) is 6.84. The third-order valence-electron chi connectivity index (χ3n) is 2.72. The monoisotopic (exact) mass is 288 g/mol. The highest BCUT2D eigenvalue weighted by atomic mass is 32.1. The fourth-order valence-corrected chi connectivity index (χ4v) is 2.48. The smallest absolute Gasteiger partial charge is 0.271 e. The number of nitrogens with one attached hydrogen (secondary N) is 1. The van der Waals surface area contributed by atoms with Gasteiger partial charge in [-0.1, -0.05) is 0 Å². The number of amides is 1. The van der Waals surface area contributed by atoms with E-state index in [4.69, 9.17) is 4.42 Å². The first-order chi connectivity index (χ1) is 9.72. The van der Waals surface area contributed by atoms with Gasteiger partial charge in [-0.05, 0) is 6.07 Å². The van der Waals surface area contributed by atoms with Crippen LogP contribution in [0.4, 0.5) is 0 Å². The first-order valence-electron chi connectivity index (χ1n) is 5.96. The van der Waals surface area contributed by atoms with E-state index in [9.17, 15) is 4.79 Å². The molecule has 102 valence electrons. The Kier molecular flexibility index (Phi) is 3.34. The molecule has 0 aliphatic heterocycles. The van der Waals surface area contributed by atoms with Crippen molar-refractivity contribution in [2.45, 2.75) is 6.54 Å². The topological polar surface area (TPSA) is 73.0 Å². The highest BCUT2D eigenvalue weighted by molar-refractivity contribution is 7.13. The van der Waals surface area contributed by atoms with Crippen molar-refractivity contribution in [1.29, 1.82) is 0 Å². The molecular formula is C13H12N4O2S. The maximum atomic E-state index is 12.0. The number of hydrogen-bond acceptors (Lipinski definition) is 5. The van der Waals surface area contributed by atoms with Crippen molar-refractivity contribution in [3.8, 4) is 10.6 Å². The van der Waals surface area contributed by atoms with Gasteiger partial charge in [-0.3, -0.25) is 9.48 Å². The zero-order chi connectivity index (χ0) is 13.9. The summed E-state index contributed by atoms with van der Waals surface area (Å²) in [6, 6.07) is 1.81. The molecule has 20 heavy (non-hydrogen) atoms. The van der Waals surface area contributed by atoms with E-state index in [2.05, 4.69) is 15.4 Å². The molecule has 0 unspecified atom stereocenters. The van der Waals surface area contributed by atoms with Crippen LogP contribution in [0.25, 0.3) is 10.6 Å². The fraction of sp³-hybridized carbons (Fsp3) is 0.154. The Morgan fingerprint density at radius 1 is 1.55 bits per heavy atom. The predicted octanol–water partition coefficient (Wildman–Crippen LogP) is 2.07. The average Bonchev–Trinajstić information content (AvgIpc) is 3.16. The van der Waals surface area contributed by atoms with Crippen molar-refractivity contribution >= 4 is 17.2 Å². The zero-order valence-electron chi connectivity index (χ0n) is 10.7. The Hall–Kier alpha value is -2.41. The van der Waals surface area contributed by atoms with E-state index in [0.717, 1.165) is 16.1 Å². The molecule has 0 aliphatic carbocycles. The number of carbonyl (C=O) groups excluding carboxylic acids is 1. The van der Waals surface area contributed by atoms with Crippen LogP contribution in [0.2, 0.25) is 0 Å². The summed E-state index contributed by atoms with van der Waals surface area (Å²) in [6.07, 6.45) is 6.77. The Morgan fingerprint density at radius 3 is 3.15 bits per heavy atom. The second-order valence-electron chi connectivity index (χ2n) is 4.25. The van der Waals surface area contributed by atoms with Gasteiger partial charge in [0.2, 0.25) is 0 Å². The number of aromatic nitrogens is 3. The highest BCUT2D eigenvalue weighted by Gasteiger charge is 2.12. The van der Waals surface area contributed by atoms with Crippen molar-refractivity contribution in [3.63, 3.8) is 0 Å². The van der Waals surface area contributed by atoms with E-state index in [0.29, 0.717) is 12.2 Å². The SMILES string of the molecule is Cn1cc(-c2nc(C(=O)NCc3ccoc3)cs2)cn1. The van der Waals surface area contributed by atoms with Crippen LogP contribution < -0.4 is 5.32 Å². The minimum absolute atomic E-state index is 0.197. The molecule has 3 rings (SSSR count). The Balaban J connectivity index is 1.68. The zero-order valence-corrected chi connectivity index (χ0v) is 11.6. The average molecular weight is 288 g/mol. The van der Waals surface area contributed by atoms with Gasteiger partial charge in [-0.15, -0.1) is 11.3 Å². The van der Waals surface area contributed by atoms with Crippen LogP contribution in [0.3, 0.4) is 0 Å². The summed E-state index contributed by atoms with van der Waals surface area (Å²) < 4.78 is 6.65. The standard InChI is InChI=1S/C13H12N4O2S/c1-17-6-10(5-15-17)13-16-11(8-20-13)12(18)14-4-9-2-3-19-7-9/h2-3,5-8H,4H2,1H3,(H,14,18). The van der Waals surface area contributed by atoms with Gasteiger partial charge in [0.1, 0.15) is 10.7 Å². The van der Waals surface area contributed by atoms with Crippen molar-refractivity contribution in [2.75, 3.05) is 0 Å². The van der Waals surface area contributed by atoms with E-state index in [1.807, 2.05) is 19.3 Å². The number of thiazole rings is 1. The lowest BCUT2D eigenvalue weighted by Crippen LogP contribution is -2.22. The minimum atomic E-state index is -0.197. The fourth-order valence-electron chi connectivity index (χ4n) is 1.71. The van der Waals surface area contributed by atoms with Gasteiger partial charge in [-0.25, -0.2) is 4.98 Å². The number of nitrogens with zero attached hydrogens (tertiary/aromatic N) is 3. The van der Waals surface area contributed by atoms with Crippen LogP contribution in [0.1, 0.15) is 16.1 Å². The molecule has 0 fully saturated rings. The summed E-state index contributed by atoms with van der Waals surface area (Å²) in [6.45, 7) is 0.426. The number of rotatable bonds is 4. The summed E-state index contributed by atoms with van der Waals surface area (Å²) in [5.41, 5.74) is 2.24. The number of aryl methyl sites for hydroxylation is 1. The summed E-state index contributed by atoms with van der Waals surface area (Å²) >= 11 is 1.42. The van der Waals surface area contributed by atoms with E-state index in [1.54, 1.807) is 28.8 Å². The summed E-state index contributed by atoms with van der Waals surface area (Å²) in [4.78, 5) is 16.3. The van der Waals surface area contributed by atoms with Crippen molar-refractivity contribution in [2.24, 2.45) is 7.05 Å². The summed E-state index contributed by atoms with van der Waals surface area (Å²) in [5, 5.41) is 9.41. The molecule has 0 atom stereocenters. The first kappa shape index (κ1) is 12.6. The lowest BCUT2D eigenvalue weighted by Gasteiger charge is -1.99. The van der Waals surface area contributed by atoms with Crippen LogP contribution in [-0.2, 0) is 13.6 Å². The Morgan fingerprint density at radius 2 is 2.45 bits per heavy atom. The second kappa shape index (κ2) is 5.30. The maximum Gasteiger partial charge on any atom is 0.271 e. The summed E-state index contributed by atoms with van der Waals surface area (Å²) in [5.74, 6) is -0.197. The molecule has 3 heterocycles. The largest absolute Gasteiger partial charge is 0.472 e. The van der Waals surface area contributed by atoms with Crippen LogP contribution in [0.15, 0.2) is 40.8 Å². The molecule has 0 aromatic carbocycles. The molecule has 1 amide bonds. The normalized spacial score (nSPS) is 10.7. The van der Waals surface area contributed by atoms with Gasteiger partial charge < -0.3 is 9.73 Å². The molecule has 3 aromatic rings. The third-order valence-corrected chi connectivity index (χ3v) is 3.61. The van der Waals surface area contributed by atoms with Crippen LogP contribution in [0.5, 0.6) is 0 Å². The highest BCUT2D eigenvalue weighted by Crippen LogP contribution is 2.22. The summed E-state index contributed by atoms with van der Waals surface area (Å²) in [7, 11) is 1.84. The molecule has 0 saturated heterocycles. The number of hydrogen-bond donors (Lipinski definition) is 1. The van der Waals surface area contributed by atoms with E-state index in [1.165, 1.54) is 11.3 Å². The maximum absolute atomic E-state index is 12.0. The van der Waals surface area contributed by atoms with Crippen molar-refractivity contribution in [3.05, 3.63) is 47.6 Å². The van der Waals surface area contributed by atoms with Gasteiger partial charge in [0, 0.05) is 36.3 Å². The predicted molar refractivity (Wildman–Crippen MR) is 74.2 cm³/mol. The van der Waals surface area contributed by atoms with Gasteiger partial charge in [0.05, 0.1) is 18.7 Å². The molecular weight excluding hydrogens is 276 g/mol. The molecule has 0 saturated carbocycles. The van der Waals surface area contributed by atoms with Gasteiger partial charge in [-0.2, -0.15) is 5.10 Å². The van der Waals surface area contributed by atoms with E-state index >= 15 is 0 Å². The molecule has 3 aromatic heterocycles. The lowest BCUT2D eigenvalue weighted by molar-refractivity contribution is 0.0946.